The molecule has 0 unspecified atom stereocenters. The van der Waals surface area contributed by atoms with Gasteiger partial charge in [0.05, 0.1) is 29.7 Å². The van der Waals surface area contributed by atoms with Crippen LogP contribution in [0, 0.1) is 0 Å². The molecule has 2 aromatic heterocycles. The average molecular weight is 309 g/mol. The van der Waals surface area contributed by atoms with E-state index in [1.165, 1.54) is 0 Å². The van der Waals surface area contributed by atoms with E-state index in [0.717, 1.165) is 16.6 Å². The molecule has 110 valence electrons. The monoisotopic (exact) mass is 309 g/mol. The zero-order valence-electron chi connectivity index (χ0n) is 11.0. The summed E-state index contributed by atoms with van der Waals surface area (Å²) in [4.78, 5) is 0. The molecule has 4 nitrogen and oxygen atoms in total. The van der Waals surface area contributed by atoms with Crippen molar-refractivity contribution in [2.45, 2.75) is 18.1 Å². The Bertz CT molecular complexity index is 726. The first-order valence-electron chi connectivity index (χ1n) is 6.35. The maximum absolute atomic E-state index is 12.1. The molecule has 2 N–H and O–H groups in total. The third kappa shape index (κ3) is 3.36. The van der Waals surface area contributed by atoms with Crippen molar-refractivity contribution in [1.29, 1.82) is 0 Å². The lowest BCUT2D eigenvalue weighted by atomic mass is 10.2. The predicted molar refractivity (Wildman–Crippen MR) is 79.4 cm³/mol. The fourth-order valence-corrected chi connectivity index (χ4v) is 2.48. The van der Waals surface area contributed by atoms with E-state index < -0.39 is 5.76 Å². The quantitative estimate of drug-likeness (QED) is 0.715. The summed E-state index contributed by atoms with van der Waals surface area (Å²) in [5.74, 6) is -0.948. The summed E-state index contributed by atoms with van der Waals surface area (Å²) >= 11 is 0.554. The fourth-order valence-electron chi connectivity index (χ4n) is 2.04. The minimum absolute atomic E-state index is 0.174. The highest BCUT2D eigenvalue weighted by Crippen LogP contribution is 2.23. The van der Waals surface area contributed by atoms with Gasteiger partial charge in [-0.05, 0) is 18.2 Å². The van der Waals surface area contributed by atoms with Crippen LogP contribution < -0.4 is 5.32 Å². The molecule has 1 aromatic carbocycles. The molecule has 0 amide bonds. The summed E-state index contributed by atoms with van der Waals surface area (Å²) in [6.45, 7) is 0.484. The van der Waals surface area contributed by atoms with Crippen LogP contribution in [-0.4, -0.2) is 16.0 Å². The van der Waals surface area contributed by atoms with Gasteiger partial charge in [0.15, 0.2) is 0 Å². The van der Waals surface area contributed by atoms with E-state index in [1.807, 2.05) is 18.2 Å². The standard InChI is InChI=1S/C14H13F2N3OS/c15-14(16)21-8-11-5-4-10(20-11)7-17-12-3-1-2-9-6-18-19-13(9)12/h1-6,14,17H,7-8H2,(H,18,19). The van der Waals surface area contributed by atoms with Crippen molar-refractivity contribution in [1.82, 2.24) is 10.2 Å². The zero-order chi connectivity index (χ0) is 14.7. The van der Waals surface area contributed by atoms with Crippen LogP contribution in [0.15, 0.2) is 40.9 Å². The predicted octanol–water partition coefficient (Wildman–Crippen LogP) is 4.22. The van der Waals surface area contributed by atoms with Crippen molar-refractivity contribution >= 4 is 28.4 Å². The number of aromatic amines is 1. The Kier molecular flexibility index (Phi) is 4.10. The zero-order valence-corrected chi connectivity index (χ0v) is 11.8. The first-order valence-corrected chi connectivity index (χ1v) is 7.40. The van der Waals surface area contributed by atoms with E-state index in [4.69, 9.17) is 4.42 Å². The number of halogens is 2. The number of nitrogens with zero attached hydrogens (tertiary/aromatic N) is 1. The Hall–Kier alpha value is -2.02. The van der Waals surface area contributed by atoms with Crippen LogP contribution in [0.5, 0.6) is 0 Å². The molecule has 0 atom stereocenters. The van der Waals surface area contributed by atoms with Gasteiger partial charge < -0.3 is 9.73 Å². The first kappa shape index (κ1) is 13.9. The summed E-state index contributed by atoms with van der Waals surface area (Å²) in [6.07, 6.45) is 1.76. The van der Waals surface area contributed by atoms with Crippen LogP contribution in [0.4, 0.5) is 14.5 Å². The highest BCUT2D eigenvalue weighted by Gasteiger charge is 2.08. The number of fused-ring (bicyclic) bond motifs is 1. The fraction of sp³-hybridized carbons (Fsp3) is 0.214. The van der Waals surface area contributed by atoms with E-state index in [9.17, 15) is 8.78 Å². The second-order valence-corrected chi connectivity index (χ2v) is 5.41. The van der Waals surface area contributed by atoms with Gasteiger partial charge in [-0.15, -0.1) is 0 Å². The Morgan fingerprint density at radius 1 is 1.24 bits per heavy atom. The molecule has 7 heteroatoms. The molecular formula is C14H13F2N3OS. The number of anilines is 1. The topological polar surface area (TPSA) is 53.9 Å². The van der Waals surface area contributed by atoms with Gasteiger partial charge in [-0.2, -0.15) is 13.9 Å². The Balaban J connectivity index is 1.64. The third-order valence-corrected chi connectivity index (χ3v) is 3.70. The lowest BCUT2D eigenvalue weighted by molar-refractivity contribution is 0.251. The van der Waals surface area contributed by atoms with Crippen LogP contribution in [0.2, 0.25) is 0 Å². The number of para-hydroxylation sites is 1. The summed E-state index contributed by atoms with van der Waals surface area (Å²) in [6, 6.07) is 9.37. The molecule has 0 saturated carbocycles. The molecule has 0 saturated heterocycles. The van der Waals surface area contributed by atoms with Crippen LogP contribution in [0.3, 0.4) is 0 Å². The summed E-state index contributed by atoms with van der Waals surface area (Å²) in [5, 5.41) is 11.2. The minimum atomic E-state index is -2.38. The normalized spacial score (nSPS) is 11.4. The van der Waals surface area contributed by atoms with Crippen molar-refractivity contribution in [3.63, 3.8) is 0 Å². The summed E-state index contributed by atoms with van der Waals surface area (Å²) in [5.41, 5.74) is 1.85. The van der Waals surface area contributed by atoms with Gasteiger partial charge in [0.2, 0.25) is 0 Å². The highest BCUT2D eigenvalue weighted by atomic mass is 32.2. The van der Waals surface area contributed by atoms with Crippen LogP contribution in [0.25, 0.3) is 10.9 Å². The van der Waals surface area contributed by atoms with E-state index in [0.29, 0.717) is 29.8 Å². The molecule has 21 heavy (non-hydrogen) atoms. The Morgan fingerprint density at radius 3 is 2.95 bits per heavy atom. The molecule has 0 fully saturated rings. The SMILES string of the molecule is FC(F)SCc1ccc(CNc2cccc3cn[nH]c23)o1. The smallest absolute Gasteiger partial charge is 0.284 e. The molecule has 3 rings (SSSR count). The van der Waals surface area contributed by atoms with Gasteiger partial charge in [0, 0.05) is 5.39 Å². The average Bonchev–Trinajstić information content (AvgIpc) is 3.12. The van der Waals surface area contributed by atoms with Gasteiger partial charge in [-0.25, -0.2) is 0 Å². The number of alkyl halides is 2. The number of hydrogen-bond donors (Lipinski definition) is 2. The second-order valence-electron chi connectivity index (χ2n) is 4.43. The molecule has 0 aliphatic carbocycles. The lowest BCUT2D eigenvalue weighted by Gasteiger charge is -2.05. The van der Waals surface area contributed by atoms with Gasteiger partial charge >= 0.3 is 0 Å². The molecule has 0 bridgehead atoms. The molecular weight excluding hydrogens is 296 g/mol. The van der Waals surface area contributed by atoms with Crippen LogP contribution >= 0.6 is 11.8 Å². The van der Waals surface area contributed by atoms with Crippen molar-refractivity contribution in [3.05, 3.63) is 48.0 Å². The van der Waals surface area contributed by atoms with Gasteiger partial charge in [0.1, 0.15) is 11.5 Å². The van der Waals surface area contributed by atoms with Crippen molar-refractivity contribution in [2.75, 3.05) is 5.32 Å². The van der Waals surface area contributed by atoms with E-state index in [2.05, 4.69) is 15.5 Å². The minimum Gasteiger partial charge on any atom is -0.463 e. The number of benzene rings is 1. The number of furan rings is 1. The summed E-state index contributed by atoms with van der Waals surface area (Å²) in [7, 11) is 0. The molecule has 0 aliphatic heterocycles. The van der Waals surface area contributed by atoms with Crippen LogP contribution in [-0.2, 0) is 12.3 Å². The van der Waals surface area contributed by atoms with E-state index >= 15 is 0 Å². The largest absolute Gasteiger partial charge is 0.463 e. The number of hydrogen-bond acceptors (Lipinski definition) is 4. The van der Waals surface area contributed by atoms with Gasteiger partial charge in [-0.1, -0.05) is 23.9 Å². The van der Waals surface area contributed by atoms with Crippen molar-refractivity contribution < 1.29 is 13.2 Å². The van der Waals surface area contributed by atoms with Gasteiger partial charge in [-0.3, -0.25) is 5.10 Å². The van der Waals surface area contributed by atoms with Crippen molar-refractivity contribution in [3.8, 4) is 0 Å². The number of rotatable bonds is 6. The molecule has 2 heterocycles. The highest BCUT2D eigenvalue weighted by molar-refractivity contribution is 7.98. The second kappa shape index (κ2) is 6.17. The maximum atomic E-state index is 12.1. The number of H-pyrrole nitrogens is 1. The Labute approximate surface area is 123 Å². The molecule has 0 aliphatic rings. The van der Waals surface area contributed by atoms with Crippen molar-refractivity contribution in [2.24, 2.45) is 0 Å². The maximum Gasteiger partial charge on any atom is 0.284 e. The van der Waals surface area contributed by atoms with E-state index in [-0.39, 0.29) is 5.75 Å². The number of nitrogens with one attached hydrogen (secondary N) is 2. The number of thioether (sulfide) groups is 1. The first-order chi connectivity index (χ1) is 10.2. The number of aromatic nitrogens is 2. The lowest BCUT2D eigenvalue weighted by Crippen LogP contribution is -1.98. The Morgan fingerprint density at radius 2 is 2.10 bits per heavy atom. The van der Waals surface area contributed by atoms with Crippen LogP contribution in [0.1, 0.15) is 11.5 Å². The molecule has 3 aromatic rings. The molecule has 0 radical (unpaired) electrons. The van der Waals surface area contributed by atoms with E-state index in [1.54, 1.807) is 18.3 Å². The summed E-state index contributed by atoms with van der Waals surface area (Å²) < 4.78 is 29.7. The third-order valence-electron chi connectivity index (χ3n) is 3.00. The molecule has 0 spiro atoms. The van der Waals surface area contributed by atoms with Gasteiger partial charge in [0.25, 0.3) is 5.76 Å².